The van der Waals surface area contributed by atoms with E-state index in [-0.39, 0.29) is 17.2 Å². The average molecular weight is 338 g/mol. The second-order valence-corrected chi connectivity index (χ2v) is 7.40. The largest absolute Gasteiger partial charge is 0.448 e. The molecule has 4 rings (SSSR count). The first-order valence-electron chi connectivity index (χ1n) is 7.52. The Kier molecular flexibility index (Phi) is 2.68. The van der Waals surface area contributed by atoms with Crippen LogP contribution in [-0.2, 0) is 5.41 Å². The Morgan fingerprint density at radius 1 is 1.10 bits per heavy atom. The van der Waals surface area contributed by atoms with E-state index in [2.05, 4.69) is 35.0 Å². The molecule has 1 aliphatic heterocycles. The van der Waals surface area contributed by atoms with E-state index in [1.807, 2.05) is 0 Å². The van der Waals surface area contributed by atoms with Crippen LogP contribution in [0.5, 0.6) is 11.5 Å². The Hall–Kier alpha value is -0.740. The summed E-state index contributed by atoms with van der Waals surface area (Å²) in [5, 5.41) is 0. The molecule has 0 bridgehead atoms. The number of nitrogens with two attached hydrogens (primary N) is 1. The molecule has 2 fully saturated rings. The number of halogens is 1. The van der Waals surface area contributed by atoms with Crippen molar-refractivity contribution in [1.82, 2.24) is 0 Å². The first kappa shape index (κ1) is 13.0. The maximum Gasteiger partial charge on any atom is 0.251 e. The third-order valence-electron chi connectivity index (χ3n) is 5.19. The minimum atomic E-state index is -0.383. The lowest BCUT2D eigenvalue weighted by atomic mass is 9.89. The highest BCUT2D eigenvalue weighted by Gasteiger charge is 2.50. The molecule has 1 unspecified atom stereocenters. The standard InChI is InChI=1S/C16H20BrNO2/c1-10(18)15(6-7-15)11-8-13-14(9-12(11)17)20-16(19-13)4-2-3-5-16/h8-10H,2-7,18H2,1H3. The molecule has 20 heavy (non-hydrogen) atoms. The summed E-state index contributed by atoms with van der Waals surface area (Å²) < 4.78 is 13.4. The van der Waals surface area contributed by atoms with Crippen molar-refractivity contribution in [2.24, 2.45) is 5.73 Å². The molecule has 2 N–H and O–H groups in total. The van der Waals surface area contributed by atoms with Crippen molar-refractivity contribution in [1.29, 1.82) is 0 Å². The first-order valence-corrected chi connectivity index (χ1v) is 8.32. The highest BCUT2D eigenvalue weighted by Crippen LogP contribution is 2.56. The van der Waals surface area contributed by atoms with Crippen molar-refractivity contribution < 1.29 is 9.47 Å². The zero-order valence-electron chi connectivity index (χ0n) is 11.7. The van der Waals surface area contributed by atoms with Gasteiger partial charge in [-0.1, -0.05) is 15.9 Å². The van der Waals surface area contributed by atoms with Gasteiger partial charge in [-0.25, -0.2) is 0 Å². The lowest BCUT2D eigenvalue weighted by Crippen LogP contribution is -2.34. The van der Waals surface area contributed by atoms with Gasteiger partial charge in [0.25, 0.3) is 5.79 Å². The van der Waals surface area contributed by atoms with Gasteiger partial charge in [-0.05, 0) is 50.3 Å². The van der Waals surface area contributed by atoms with Crippen LogP contribution in [0.2, 0.25) is 0 Å². The summed E-state index contributed by atoms with van der Waals surface area (Å²) in [6, 6.07) is 4.39. The summed E-state index contributed by atoms with van der Waals surface area (Å²) in [7, 11) is 0. The number of benzene rings is 1. The Bertz CT molecular complexity index is 560. The molecular weight excluding hydrogens is 318 g/mol. The lowest BCUT2D eigenvalue weighted by Gasteiger charge is -2.22. The smallest absolute Gasteiger partial charge is 0.251 e. The Labute approximate surface area is 127 Å². The molecule has 3 aliphatic rings. The van der Waals surface area contributed by atoms with Crippen LogP contribution in [0.15, 0.2) is 16.6 Å². The zero-order chi connectivity index (χ0) is 14.0. The summed E-state index contributed by atoms with van der Waals surface area (Å²) >= 11 is 3.70. The van der Waals surface area contributed by atoms with E-state index in [9.17, 15) is 0 Å². The summed E-state index contributed by atoms with van der Waals surface area (Å²) in [6.45, 7) is 2.10. The first-order chi connectivity index (χ1) is 9.55. The van der Waals surface area contributed by atoms with Gasteiger partial charge in [-0.15, -0.1) is 0 Å². The van der Waals surface area contributed by atoms with Crippen molar-refractivity contribution in [3.8, 4) is 11.5 Å². The third-order valence-corrected chi connectivity index (χ3v) is 5.84. The fourth-order valence-electron chi connectivity index (χ4n) is 3.72. The summed E-state index contributed by atoms with van der Waals surface area (Å²) in [4.78, 5) is 0. The quantitative estimate of drug-likeness (QED) is 0.890. The maximum atomic E-state index is 6.20. The van der Waals surface area contributed by atoms with E-state index >= 15 is 0 Å². The average Bonchev–Trinajstić information content (AvgIpc) is 2.98. The number of hydrogen-bond donors (Lipinski definition) is 1. The van der Waals surface area contributed by atoms with Gasteiger partial charge in [0.2, 0.25) is 0 Å². The van der Waals surface area contributed by atoms with Gasteiger partial charge >= 0.3 is 0 Å². The van der Waals surface area contributed by atoms with Crippen molar-refractivity contribution in [3.05, 3.63) is 22.2 Å². The van der Waals surface area contributed by atoms with Gasteiger partial charge in [-0.3, -0.25) is 0 Å². The fourth-order valence-corrected chi connectivity index (χ4v) is 4.44. The molecule has 1 heterocycles. The monoisotopic (exact) mass is 337 g/mol. The van der Waals surface area contributed by atoms with Crippen LogP contribution in [0.4, 0.5) is 0 Å². The molecule has 1 spiro atoms. The molecule has 0 radical (unpaired) electrons. The van der Waals surface area contributed by atoms with E-state index < -0.39 is 0 Å². The van der Waals surface area contributed by atoms with E-state index in [0.717, 1.165) is 41.7 Å². The van der Waals surface area contributed by atoms with Gasteiger partial charge in [0, 0.05) is 28.8 Å². The molecule has 1 aromatic rings. The summed E-state index contributed by atoms with van der Waals surface area (Å²) in [5.74, 6) is 1.39. The SMILES string of the molecule is CC(N)C1(c2cc3c(cc2Br)OC2(CCCC2)O3)CC1. The lowest BCUT2D eigenvalue weighted by molar-refractivity contribution is -0.0716. The molecule has 4 heteroatoms. The summed E-state index contributed by atoms with van der Waals surface area (Å²) in [5.41, 5.74) is 7.61. The Balaban J connectivity index is 1.73. The molecule has 1 atom stereocenters. The highest BCUT2D eigenvalue weighted by molar-refractivity contribution is 9.10. The molecule has 1 aromatic carbocycles. The zero-order valence-corrected chi connectivity index (χ0v) is 13.3. The molecule has 108 valence electrons. The van der Waals surface area contributed by atoms with Crippen LogP contribution in [0, 0.1) is 0 Å². The van der Waals surface area contributed by atoms with Crippen LogP contribution in [0.1, 0.15) is 51.0 Å². The van der Waals surface area contributed by atoms with Gasteiger partial charge in [0.15, 0.2) is 11.5 Å². The second-order valence-electron chi connectivity index (χ2n) is 6.55. The van der Waals surface area contributed by atoms with Crippen LogP contribution in [-0.4, -0.2) is 11.8 Å². The predicted molar refractivity (Wildman–Crippen MR) is 81.2 cm³/mol. The molecule has 3 nitrogen and oxygen atoms in total. The van der Waals surface area contributed by atoms with Crippen LogP contribution in [0.25, 0.3) is 0 Å². The van der Waals surface area contributed by atoms with Crippen LogP contribution in [0.3, 0.4) is 0 Å². The van der Waals surface area contributed by atoms with Gasteiger partial charge in [0.05, 0.1) is 0 Å². The maximum absolute atomic E-state index is 6.20. The normalized spacial score (nSPS) is 25.9. The van der Waals surface area contributed by atoms with Crippen LogP contribution < -0.4 is 15.2 Å². The van der Waals surface area contributed by atoms with Gasteiger partial charge in [0.1, 0.15) is 0 Å². The van der Waals surface area contributed by atoms with E-state index in [0.29, 0.717) is 0 Å². The number of fused-ring (bicyclic) bond motifs is 1. The molecule has 0 aromatic heterocycles. The second kappa shape index (κ2) is 4.14. The third kappa shape index (κ3) is 1.74. The minimum absolute atomic E-state index is 0.128. The van der Waals surface area contributed by atoms with E-state index in [1.54, 1.807) is 0 Å². The minimum Gasteiger partial charge on any atom is -0.448 e. The number of ether oxygens (including phenoxy) is 2. The van der Waals surface area contributed by atoms with E-state index in [4.69, 9.17) is 15.2 Å². The highest BCUT2D eigenvalue weighted by atomic mass is 79.9. The molecule has 0 amide bonds. The predicted octanol–water partition coefficient (Wildman–Crippen LogP) is 3.87. The van der Waals surface area contributed by atoms with Gasteiger partial charge in [-0.2, -0.15) is 0 Å². The Morgan fingerprint density at radius 2 is 1.70 bits per heavy atom. The van der Waals surface area contributed by atoms with Crippen LogP contribution >= 0.6 is 15.9 Å². The van der Waals surface area contributed by atoms with E-state index in [1.165, 1.54) is 18.4 Å². The molecule has 2 saturated carbocycles. The number of rotatable bonds is 2. The molecule has 2 aliphatic carbocycles. The molecule has 0 saturated heterocycles. The van der Waals surface area contributed by atoms with Crippen molar-refractivity contribution in [2.45, 2.75) is 62.7 Å². The van der Waals surface area contributed by atoms with Crippen molar-refractivity contribution in [3.63, 3.8) is 0 Å². The fraction of sp³-hybridized carbons (Fsp3) is 0.625. The Morgan fingerprint density at radius 3 is 2.25 bits per heavy atom. The summed E-state index contributed by atoms with van der Waals surface area (Å²) in [6.07, 6.45) is 6.68. The topological polar surface area (TPSA) is 44.5 Å². The molecular formula is C16H20BrNO2. The van der Waals surface area contributed by atoms with Gasteiger partial charge < -0.3 is 15.2 Å². The van der Waals surface area contributed by atoms with Crippen molar-refractivity contribution in [2.75, 3.05) is 0 Å². The van der Waals surface area contributed by atoms with Crippen molar-refractivity contribution >= 4 is 15.9 Å². The number of hydrogen-bond acceptors (Lipinski definition) is 3.